The average molecular weight is 243 g/mol. The van der Waals surface area contributed by atoms with Crippen LogP contribution in [0.2, 0.25) is 0 Å². The number of nitriles is 1. The fourth-order valence-corrected chi connectivity index (χ4v) is 1.93. The second-order valence-corrected chi connectivity index (χ2v) is 4.82. The SMILES string of the molecule is CN(C(=O)CC(N)C1CC1)c1ccc(C#N)cc1. The highest BCUT2D eigenvalue weighted by molar-refractivity contribution is 5.93. The molecule has 1 aliphatic rings. The highest BCUT2D eigenvalue weighted by Crippen LogP contribution is 2.33. The minimum Gasteiger partial charge on any atom is -0.327 e. The van der Waals surface area contributed by atoms with Gasteiger partial charge >= 0.3 is 0 Å². The van der Waals surface area contributed by atoms with Crippen LogP contribution in [0.25, 0.3) is 0 Å². The average Bonchev–Trinajstić information content (AvgIpc) is 3.22. The van der Waals surface area contributed by atoms with E-state index in [1.54, 1.807) is 36.2 Å². The van der Waals surface area contributed by atoms with E-state index < -0.39 is 0 Å². The number of nitrogens with zero attached hydrogens (tertiary/aromatic N) is 2. The molecule has 1 amide bonds. The van der Waals surface area contributed by atoms with Gasteiger partial charge in [-0.05, 0) is 43.0 Å². The van der Waals surface area contributed by atoms with E-state index in [0.29, 0.717) is 17.9 Å². The van der Waals surface area contributed by atoms with Gasteiger partial charge in [-0.25, -0.2) is 0 Å². The second kappa shape index (κ2) is 5.19. The quantitative estimate of drug-likeness (QED) is 0.874. The van der Waals surface area contributed by atoms with Crippen LogP contribution in [0.1, 0.15) is 24.8 Å². The number of anilines is 1. The van der Waals surface area contributed by atoms with Crippen LogP contribution in [-0.4, -0.2) is 19.0 Å². The normalized spacial score (nSPS) is 15.8. The Morgan fingerprint density at radius 3 is 2.61 bits per heavy atom. The number of amides is 1. The number of carbonyl (C=O) groups is 1. The highest BCUT2D eigenvalue weighted by Gasteiger charge is 2.30. The summed E-state index contributed by atoms with van der Waals surface area (Å²) in [6.45, 7) is 0. The van der Waals surface area contributed by atoms with Crippen molar-refractivity contribution in [2.24, 2.45) is 11.7 Å². The van der Waals surface area contributed by atoms with Crippen molar-refractivity contribution in [3.63, 3.8) is 0 Å². The molecular formula is C14H17N3O. The third-order valence-corrected chi connectivity index (χ3v) is 3.40. The lowest BCUT2D eigenvalue weighted by Crippen LogP contribution is -2.34. The monoisotopic (exact) mass is 243 g/mol. The van der Waals surface area contributed by atoms with Crippen LogP contribution in [-0.2, 0) is 4.79 Å². The first-order valence-corrected chi connectivity index (χ1v) is 6.14. The molecule has 1 unspecified atom stereocenters. The van der Waals surface area contributed by atoms with Crippen LogP contribution in [0.3, 0.4) is 0 Å². The Kier molecular flexibility index (Phi) is 3.63. The molecule has 0 heterocycles. The molecule has 1 atom stereocenters. The first-order chi connectivity index (χ1) is 8.61. The molecule has 0 aromatic heterocycles. The summed E-state index contributed by atoms with van der Waals surface area (Å²) in [4.78, 5) is 13.6. The van der Waals surface area contributed by atoms with Gasteiger partial charge in [0.2, 0.25) is 5.91 Å². The van der Waals surface area contributed by atoms with Crippen LogP contribution in [0.5, 0.6) is 0 Å². The smallest absolute Gasteiger partial charge is 0.228 e. The van der Waals surface area contributed by atoms with Crippen molar-refractivity contribution in [3.05, 3.63) is 29.8 Å². The third kappa shape index (κ3) is 2.88. The Hall–Kier alpha value is -1.86. The summed E-state index contributed by atoms with van der Waals surface area (Å²) in [5, 5.41) is 8.72. The van der Waals surface area contributed by atoms with E-state index in [1.165, 1.54) is 0 Å². The zero-order valence-corrected chi connectivity index (χ0v) is 10.5. The molecule has 1 aromatic carbocycles. The predicted molar refractivity (Wildman–Crippen MR) is 69.9 cm³/mol. The summed E-state index contributed by atoms with van der Waals surface area (Å²) in [5.74, 6) is 0.558. The maximum Gasteiger partial charge on any atom is 0.228 e. The largest absolute Gasteiger partial charge is 0.327 e. The molecule has 0 spiro atoms. The molecule has 94 valence electrons. The van der Waals surface area contributed by atoms with E-state index in [4.69, 9.17) is 11.0 Å². The van der Waals surface area contributed by atoms with Crippen molar-refractivity contribution in [1.82, 2.24) is 0 Å². The Morgan fingerprint density at radius 1 is 1.50 bits per heavy atom. The molecule has 18 heavy (non-hydrogen) atoms. The number of benzene rings is 1. The van der Waals surface area contributed by atoms with E-state index in [-0.39, 0.29) is 11.9 Å². The fourth-order valence-electron chi connectivity index (χ4n) is 1.93. The van der Waals surface area contributed by atoms with Crippen molar-refractivity contribution in [2.45, 2.75) is 25.3 Å². The fraction of sp³-hybridized carbons (Fsp3) is 0.429. The minimum atomic E-state index is -0.0154. The zero-order chi connectivity index (χ0) is 13.1. The Balaban J connectivity index is 1.98. The summed E-state index contributed by atoms with van der Waals surface area (Å²) in [6, 6.07) is 9.01. The van der Waals surface area contributed by atoms with Crippen molar-refractivity contribution in [1.29, 1.82) is 5.26 Å². The standard InChI is InChI=1S/C14H17N3O/c1-17(12-6-2-10(9-15)3-7-12)14(18)8-13(16)11-4-5-11/h2-3,6-7,11,13H,4-5,8,16H2,1H3. The number of rotatable bonds is 4. The van der Waals surface area contributed by atoms with Crippen molar-refractivity contribution in [3.8, 4) is 6.07 Å². The van der Waals surface area contributed by atoms with Gasteiger partial charge in [-0.3, -0.25) is 4.79 Å². The van der Waals surface area contributed by atoms with Crippen molar-refractivity contribution < 1.29 is 4.79 Å². The topological polar surface area (TPSA) is 70.1 Å². The predicted octanol–water partition coefficient (Wildman–Crippen LogP) is 1.65. The van der Waals surface area contributed by atoms with Gasteiger partial charge in [-0.2, -0.15) is 5.26 Å². The van der Waals surface area contributed by atoms with Crippen molar-refractivity contribution in [2.75, 3.05) is 11.9 Å². The summed E-state index contributed by atoms with van der Waals surface area (Å²) < 4.78 is 0. The van der Waals surface area contributed by atoms with Gasteiger partial charge in [0.05, 0.1) is 11.6 Å². The molecule has 0 saturated heterocycles. The van der Waals surface area contributed by atoms with E-state index in [9.17, 15) is 4.79 Å². The van der Waals surface area contributed by atoms with Crippen molar-refractivity contribution >= 4 is 11.6 Å². The third-order valence-electron chi connectivity index (χ3n) is 3.40. The van der Waals surface area contributed by atoms with Gasteiger partial charge in [-0.1, -0.05) is 0 Å². The molecule has 0 radical (unpaired) electrons. The molecule has 4 heteroatoms. The first kappa shape index (κ1) is 12.6. The number of carbonyl (C=O) groups excluding carboxylic acids is 1. The summed E-state index contributed by atoms with van der Waals surface area (Å²) in [7, 11) is 1.74. The van der Waals surface area contributed by atoms with Gasteiger partial charge in [0, 0.05) is 25.2 Å². The summed E-state index contributed by atoms with van der Waals surface area (Å²) in [6.07, 6.45) is 2.69. The van der Waals surface area contributed by atoms with Crippen LogP contribution in [0.15, 0.2) is 24.3 Å². The van der Waals surface area contributed by atoms with E-state index in [2.05, 4.69) is 6.07 Å². The van der Waals surface area contributed by atoms with Crippen LogP contribution >= 0.6 is 0 Å². The lowest BCUT2D eigenvalue weighted by molar-refractivity contribution is -0.118. The van der Waals surface area contributed by atoms with Crippen LogP contribution < -0.4 is 10.6 Å². The molecule has 0 bridgehead atoms. The Labute approximate surface area is 107 Å². The van der Waals surface area contributed by atoms with E-state index in [0.717, 1.165) is 18.5 Å². The molecule has 1 fully saturated rings. The van der Waals surface area contributed by atoms with Gasteiger partial charge in [0.1, 0.15) is 0 Å². The summed E-state index contributed by atoms with van der Waals surface area (Å²) in [5.41, 5.74) is 7.34. The Morgan fingerprint density at radius 2 is 2.11 bits per heavy atom. The molecule has 1 aromatic rings. The van der Waals surface area contributed by atoms with Gasteiger partial charge in [-0.15, -0.1) is 0 Å². The first-order valence-electron chi connectivity index (χ1n) is 6.14. The number of hydrogen-bond acceptors (Lipinski definition) is 3. The van der Waals surface area contributed by atoms with Gasteiger partial charge in [0.15, 0.2) is 0 Å². The van der Waals surface area contributed by atoms with E-state index in [1.807, 2.05) is 0 Å². The lowest BCUT2D eigenvalue weighted by atomic mass is 10.1. The summed E-state index contributed by atoms with van der Waals surface area (Å²) >= 11 is 0. The van der Waals surface area contributed by atoms with E-state index >= 15 is 0 Å². The molecule has 2 rings (SSSR count). The second-order valence-electron chi connectivity index (χ2n) is 4.82. The maximum absolute atomic E-state index is 12.0. The molecule has 2 N–H and O–H groups in total. The zero-order valence-electron chi connectivity index (χ0n) is 10.5. The molecule has 1 aliphatic carbocycles. The Bertz CT molecular complexity index is 471. The number of hydrogen-bond donors (Lipinski definition) is 1. The van der Waals surface area contributed by atoms with Gasteiger partial charge < -0.3 is 10.6 Å². The maximum atomic E-state index is 12.0. The lowest BCUT2D eigenvalue weighted by Gasteiger charge is -2.19. The number of nitrogens with two attached hydrogens (primary N) is 1. The molecular weight excluding hydrogens is 226 g/mol. The molecule has 0 aliphatic heterocycles. The van der Waals surface area contributed by atoms with Gasteiger partial charge in [0.25, 0.3) is 0 Å². The minimum absolute atomic E-state index is 0.0154. The molecule has 4 nitrogen and oxygen atoms in total. The molecule has 1 saturated carbocycles. The van der Waals surface area contributed by atoms with Crippen LogP contribution in [0, 0.1) is 17.2 Å². The highest BCUT2D eigenvalue weighted by atomic mass is 16.2. The van der Waals surface area contributed by atoms with Crippen LogP contribution in [0.4, 0.5) is 5.69 Å².